The molecular formula is C13H16F2N2O. The molecular weight excluding hydrogens is 238 g/mol. The molecule has 0 spiro atoms. The first kappa shape index (κ1) is 14.4. The molecule has 0 aliphatic rings. The van der Waals surface area contributed by atoms with Gasteiger partial charge in [0.2, 0.25) is 0 Å². The first-order valence-electron chi connectivity index (χ1n) is 5.48. The maximum atomic E-state index is 13.9. The summed E-state index contributed by atoms with van der Waals surface area (Å²) >= 11 is 0. The van der Waals surface area contributed by atoms with Gasteiger partial charge in [-0.25, -0.2) is 8.78 Å². The van der Waals surface area contributed by atoms with E-state index < -0.39 is 23.1 Å². The molecule has 1 N–H and O–H groups in total. The topological polar surface area (TPSA) is 45.0 Å². The van der Waals surface area contributed by atoms with Crippen molar-refractivity contribution >= 4 is 0 Å². The van der Waals surface area contributed by atoms with Crippen LogP contribution in [0.15, 0.2) is 12.1 Å². The van der Waals surface area contributed by atoms with Crippen molar-refractivity contribution in [3.8, 4) is 11.8 Å². The molecule has 1 atom stereocenters. The zero-order valence-electron chi connectivity index (χ0n) is 10.8. The van der Waals surface area contributed by atoms with E-state index >= 15 is 0 Å². The van der Waals surface area contributed by atoms with E-state index in [0.717, 1.165) is 12.1 Å². The van der Waals surface area contributed by atoms with E-state index in [1.165, 1.54) is 7.11 Å². The van der Waals surface area contributed by atoms with Gasteiger partial charge in [0, 0.05) is 11.6 Å². The number of rotatable bonds is 4. The Morgan fingerprint density at radius 1 is 1.33 bits per heavy atom. The number of hydrogen-bond donors (Lipinski definition) is 1. The van der Waals surface area contributed by atoms with Gasteiger partial charge in [0.1, 0.15) is 5.82 Å². The first-order valence-corrected chi connectivity index (χ1v) is 5.48. The van der Waals surface area contributed by atoms with Crippen LogP contribution in [0.4, 0.5) is 8.78 Å². The Balaban J connectivity index is 3.32. The standard InChI is InChI=1S/C13H16F2N2O/c1-13(2,7-16)12(17-3)8-5-10(15)11(18-4)6-9(8)14/h5-6,12,17H,1-4H3. The van der Waals surface area contributed by atoms with E-state index in [4.69, 9.17) is 10.00 Å². The summed E-state index contributed by atoms with van der Waals surface area (Å²) in [6.07, 6.45) is 0. The van der Waals surface area contributed by atoms with Crippen molar-refractivity contribution in [1.82, 2.24) is 5.32 Å². The van der Waals surface area contributed by atoms with Gasteiger partial charge >= 0.3 is 0 Å². The molecule has 0 aliphatic heterocycles. The third-order valence-electron chi connectivity index (χ3n) is 2.88. The Morgan fingerprint density at radius 3 is 2.39 bits per heavy atom. The van der Waals surface area contributed by atoms with E-state index in [-0.39, 0.29) is 11.3 Å². The fourth-order valence-electron chi connectivity index (χ4n) is 1.89. The molecule has 0 aliphatic carbocycles. The average molecular weight is 254 g/mol. The number of hydrogen-bond acceptors (Lipinski definition) is 3. The minimum absolute atomic E-state index is 0.113. The highest BCUT2D eigenvalue weighted by Crippen LogP contribution is 2.35. The molecule has 1 rings (SSSR count). The van der Waals surface area contributed by atoms with Gasteiger partial charge in [0.05, 0.1) is 24.6 Å². The third kappa shape index (κ3) is 2.59. The normalized spacial score (nSPS) is 12.9. The van der Waals surface area contributed by atoms with E-state index in [1.807, 2.05) is 0 Å². The van der Waals surface area contributed by atoms with Crippen LogP contribution in [0.1, 0.15) is 25.5 Å². The summed E-state index contributed by atoms with van der Waals surface area (Å²) in [6.45, 7) is 3.32. The highest BCUT2D eigenvalue weighted by atomic mass is 19.1. The lowest BCUT2D eigenvalue weighted by atomic mass is 9.81. The summed E-state index contributed by atoms with van der Waals surface area (Å²) < 4.78 is 32.2. The zero-order valence-corrected chi connectivity index (χ0v) is 10.8. The molecule has 18 heavy (non-hydrogen) atoms. The Labute approximate surface area is 105 Å². The Bertz CT molecular complexity index is 481. The minimum atomic E-state index is -0.864. The van der Waals surface area contributed by atoms with Crippen molar-refractivity contribution in [2.24, 2.45) is 5.41 Å². The maximum Gasteiger partial charge on any atom is 0.165 e. The number of nitrogens with one attached hydrogen (secondary N) is 1. The first-order chi connectivity index (χ1) is 8.37. The van der Waals surface area contributed by atoms with E-state index in [1.54, 1.807) is 20.9 Å². The average Bonchev–Trinajstić information content (AvgIpc) is 2.33. The summed E-state index contributed by atoms with van der Waals surface area (Å²) in [7, 11) is 2.87. The second-order valence-corrected chi connectivity index (χ2v) is 4.56. The van der Waals surface area contributed by atoms with Gasteiger partial charge in [-0.1, -0.05) is 0 Å². The Hall–Kier alpha value is -1.67. The molecule has 0 aromatic heterocycles. The molecule has 0 fully saturated rings. The van der Waals surface area contributed by atoms with Gasteiger partial charge < -0.3 is 10.1 Å². The largest absolute Gasteiger partial charge is 0.494 e. The lowest BCUT2D eigenvalue weighted by Gasteiger charge is -2.28. The Morgan fingerprint density at radius 2 is 1.94 bits per heavy atom. The van der Waals surface area contributed by atoms with Crippen molar-refractivity contribution in [2.45, 2.75) is 19.9 Å². The van der Waals surface area contributed by atoms with Gasteiger partial charge in [-0.3, -0.25) is 0 Å². The predicted molar refractivity (Wildman–Crippen MR) is 64.1 cm³/mol. The van der Waals surface area contributed by atoms with E-state index in [2.05, 4.69) is 11.4 Å². The predicted octanol–water partition coefficient (Wildman–Crippen LogP) is 2.78. The molecule has 1 aromatic rings. The van der Waals surface area contributed by atoms with Gasteiger partial charge in [-0.05, 0) is 27.0 Å². The van der Waals surface area contributed by atoms with Crippen molar-refractivity contribution in [3.63, 3.8) is 0 Å². The second kappa shape index (κ2) is 5.32. The van der Waals surface area contributed by atoms with Crippen molar-refractivity contribution in [1.29, 1.82) is 5.26 Å². The molecule has 0 saturated carbocycles. The fraction of sp³-hybridized carbons (Fsp3) is 0.462. The molecule has 98 valence electrons. The van der Waals surface area contributed by atoms with E-state index in [0.29, 0.717) is 0 Å². The van der Waals surface area contributed by atoms with Crippen LogP contribution in [0.3, 0.4) is 0 Å². The summed E-state index contributed by atoms with van der Waals surface area (Å²) in [4.78, 5) is 0. The highest BCUT2D eigenvalue weighted by molar-refractivity contribution is 5.34. The fourth-order valence-corrected chi connectivity index (χ4v) is 1.89. The SMILES string of the molecule is CNC(c1cc(F)c(OC)cc1F)C(C)(C)C#N. The van der Waals surface area contributed by atoms with Crippen LogP contribution in [0.5, 0.6) is 5.75 Å². The number of nitrogens with zero attached hydrogens (tertiary/aromatic N) is 1. The summed E-state index contributed by atoms with van der Waals surface area (Å²) in [5, 5.41) is 11.9. The number of methoxy groups -OCH3 is 1. The van der Waals surface area contributed by atoms with Crippen LogP contribution < -0.4 is 10.1 Å². The van der Waals surface area contributed by atoms with Crippen LogP contribution in [0.2, 0.25) is 0 Å². The summed E-state index contributed by atoms with van der Waals surface area (Å²) in [6, 6.07) is 3.53. The molecule has 0 saturated heterocycles. The minimum Gasteiger partial charge on any atom is -0.494 e. The third-order valence-corrected chi connectivity index (χ3v) is 2.88. The van der Waals surface area contributed by atoms with Crippen LogP contribution >= 0.6 is 0 Å². The van der Waals surface area contributed by atoms with Crippen LogP contribution in [0.25, 0.3) is 0 Å². The van der Waals surface area contributed by atoms with E-state index in [9.17, 15) is 8.78 Å². The van der Waals surface area contributed by atoms with Crippen LogP contribution in [-0.4, -0.2) is 14.2 Å². The number of benzene rings is 1. The number of ether oxygens (including phenoxy) is 1. The number of halogens is 2. The second-order valence-electron chi connectivity index (χ2n) is 4.56. The molecule has 1 unspecified atom stereocenters. The lowest BCUT2D eigenvalue weighted by Crippen LogP contribution is -2.31. The molecule has 3 nitrogen and oxygen atoms in total. The van der Waals surface area contributed by atoms with Crippen molar-refractivity contribution in [2.75, 3.05) is 14.2 Å². The van der Waals surface area contributed by atoms with Gasteiger partial charge in [-0.2, -0.15) is 5.26 Å². The lowest BCUT2D eigenvalue weighted by molar-refractivity contribution is 0.329. The zero-order chi connectivity index (χ0) is 13.9. The molecule has 0 amide bonds. The quantitative estimate of drug-likeness (QED) is 0.898. The van der Waals surface area contributed by atoms with Crippen molar-refractivity contribution < 1.29 is 13.5 Å². The highest BCUT2D eigenvalue weighted by Gasteiger charge is 2.32. The van der Waals surface area contributed by atoms with Crippen LogP contribution in [0, 0.1) is 28.4 Å². The molecule has 0 radical (unpaired) electrons. The number of nitriles is 1. The van der Waals surface area contributed by atoms with Gasteiger partial charge in [-0.15, -0.1) is 0 Å². The summed E-state index contributed by atoms with van der Waals surface area (Å²) in [5.74, 6) is -1.40. The van der Waals surface area contributed by atoms with Gasteiger partial charge in [0.25, 0.3) is 0 Å². The molecule has 0 heterocycles. The maximum absolute atomic E-state index is 13.9. The smallest absolute Gasteiger partial charge is 0.165 e. The monoisotopic (exact) mass is 254 g/mol. The molecule has 0 bridgehead atoms. The van der Waals surface area contributed by atoms with Gasteiger partial charge in [0.15, 0.2) is 11.6 Å². The molecule has 5 heteroatoms. The summed E-state index contributed by atoms with van der Waals surface area (Å²) in [5.41, 5.74) is -0.751. The Kier molecular flexibility index (Phi) is 4.25. The van der Waals surface area contributed by atoms with Crippen LogP contribution in [-0.2, 0) is 0 Å². The molecule has 1 aromatic carbocycles. The van der Waals surface area contributed by atoms with Crippen molar-refractivity contribution in [3.05, 3.63) is 29.3 Å².